The highest BCUT2D eigenvalue weighted by atomic mass is 16.2. The zero-order valence-electron chi connectivity index (χ0n) is 10.6. The molecule has 1 heterocycles. The van der Waals surface area contributed by atoms with Gasteiger partial charge in [0.15, 0.2) is 0 Å². The van der Waals surface area contributed by atoms with E-state index in [0.29, 0.717) is 19.3 Å². The molecule has 1 aliphatic heterocycles. The van der Waals surface area contributed by atoms with Gasteiger partial charge in [0.25, 0.3) is 0 Å². The third-order valence-electron chi connectivity index (χ3n) is 3.24. The minimum atomic E-state index is -0.0938. The highest BCUT2D eigenvalue weighted by molar-refractivity contribution is 6.00. The molecular weight excluding hydrogens is 230 g/mol. The topological polar surface area (TPSA) is 66.6 Å². The number of hydrazine groups is 1. The Labute approximate surface area is 106 Å². The van der Waals surface area contributed by atoms with E-state index in [1.54, 1.807) is 19.0 Å². The van der Waals surface area contributed by atoms with Gasteiger partial charge in [-0.05, 0) is 23.6 Å². The zero-order valence-corrected chi connectivity index (χ0v) is 10.6. The molecule has 0 saturated heterocycles. The van der Waals surface area contributed by atoms with Crippen LogP contribution in [-0.2, 0) is 22.4 Å². The zero-order chi connectivity index (χ0) is 13.3. The summed E-state index contributed by atoms with van der Waals surface area (Å²) in [6.07, 6.45) is 1.48. The second kappa shape index (κ2) is 4.78. The van der Waals surface area contributed by atoms with E-state index in [-0.39, 0.29) is 11.8 Å². The van der Waals surface area contributed by atoms with E-state index < -0.39 is 0 Å². The van der Waals surface area contributed by atoms with Gasteiger partial charge in [-0.3, -0.25) is 14.6 Å². The number of benzene rings is 1. The molecule has 5 nitrogen and oxygen atoms in total. The lowest BCUT2D eigenvalue weighted by molar-refractivity contribution is -0.130. The van der Waals surface area contributed by atoms with E-state index in [1.165, 1.54) is 0 Å². The Morgan fingerprint density at radius 2 is 2.22 bits per heavy atom. The number of hydrogen-bond donors (Lipinski definition) is 1. The van der Waals surface area contributed by atoms with Gasteiger partial charge in [0, 0.05) is 26.2 Å². The summed E-state index contributed by atoms with van der Waals surface area (Å²) in [6, 6.07) is 5.89. The normalized spacial score (nSPS) is 13.7. The molecular formula is C13H17N3O2. The second-order valence-electron chi connectivity index (χ2n) is 4.60. The van der Waals surface area contributed by atoms with E-state index in [1.807, 2.05) is 18.2 Å². The highest BCUT2D eigenvalue weighted by Gasteiger charge is 2.23. The van der Waals surface area contributed by atoms with Crippen LogP contribution in [0.15, 0.2) is 18.2 Å². The van der Waals surface area contributed by atoms with Crippen LogP contribution in [-0.4, -0.2) is 30.9 Å². The summed E-state index contributed by atoms with van der Waals surface area (Å²) in [7, 11) is 3.32. The molecule has 0 atom stereocenters. The fraction of sp³-hybridized carbons (Fsp3) is 0.385. The van der Waals surface area contributed by atoms with Crippen molar-refractivity contribution < 1.29 is 9.59 Å². The van der Waals surface area contributed by atoms with E-state index in [0.717, 1.165) is 21.8 Å². The summed E-state index contributed by atoms with van der Waals surface area (Å²) >= 11 is 0. The lowest BCUT2D eigenvalue weighted by Crippen LogP contribution is -2.33. The van der Waals surface area contributed by atoms with Crippen LogP contribution >= 0.6 is 0 Å². The maximum atomic E-state index is 11.5. The predicted octanol–water partition coefficient (Wildman–Crippen LogP) is 0.470. The first kappa shape index (κ1) is 12.6. The summed E-state index contributed by atoms with van der Waals surface area (Å²) in [5.41, 5.74) is 3.06. The number of hydrogen-bond acceptors (Lipinski definition) is 3. The molecule has 2 N–H and O–H groups in total. The molecule has 0 fully saturated rings. The molecule has 0 bridgehead atoms. The van der Waals surface area contributed by atoms with E-state index in [9.17, 15) is 9.59 Å². The fourth-order valence-corrected chi connectivity index (χ4v) is 2.11. The molecule has 0 unspecified atom stereocenters. The quantitative estimate of drug-likeness (QED) is 0.479. The molecule has 0 radical (unpaired) electrons. The number of rotatable bonds is 3. The average molecular weight is 247 g/mol. The van der Waals surface area contributed by atoms with Crippen molar-refractivity contribution in [1.29, 1.82) is 0 Å². The van der Waals surface area contributed by atoms with E-state index >= 15 is 0 Å². The fourth-order valence-electron chi connectivity index (χ4n) is 2.11. The number of fused-ring (bicyclic) bond motifs is 1. The van der Waals surface area contributed by atoms with Crippen LogP contribution in [0.2, 0.25) is 0 Å². The van der Waals surface area contributed by atoms with Crippen LogP contribution in [0.3, 0.4) is 0 Å². The molecule has 1 aromatic carbocycles. The predicted molar refractivity (Wildman–Crippen MR) is 68.8 cm³/mol. The number of likely N-dealkylation sites (N-methyl/N-ethyl adjacent to an activating group) is 1. The van der Waals surface area contributed by atoms with Crippen LogP contribution in [0.5, 0.6) is 0 Å². The number of carbonyl (C=O) groups excluding carboxylic acids is 2. The maximum absolute atomic E-state index is 11.5. The summed E-state index contributed by atoms with van der Waals surface area (Å²) in [5.74, 6) is 5.38. The Bertz CT molecular complexity index is 497. The van der Waals surface area contributed by atoms with Gasteiger partial charge < -0.3 is 4.90 Å². The summed E-state index contributed by atoms with van der Waals surface area (Å²) in [4.78, 5) is 24.6. The molecule has 5 heteroatoms. The molecule has 96 valence electrons. The van der Waals surface area contributed by atoms with Crippen molar-refractivity contribution >= 4 is 17.5 Å². The van der Waals surface area contributed by atoms with Crippen LogP contribution in [0.1, 0.15) is 17.5 Å². The minimum absolute atomic E-state index is 0.0938. The van der Waals surface area contributed by atoms with Gasteiger partial charge in [0.1, 0.15) is 0 Å². The van der Waals surface area contributed by atoms with Gasteiger partial charge in [0.2, 0.25) is 11.8 Å². The van der Waals surface area contributed by atoms with Crippen molar-refractivity contribution in [2.24, 2.45) is 5.84 Å². The monoisotopic (exact) mass is 247 g/mol. The molecule has 0 saturated carbocycles. The summed E-state index contributed by atoms with van der Waals surface area (Å²) < 4.78 is 0. The van der Waals surface area contributed by atoms with Crippen molar-refractivity contribution in [2.75, 3.05) is 19.0 Å². The molecule has 18 heavy (non-hydrogen) atoms. The number of amides is 2. The van der Waals surface area contributed by atoms with Crippen molar-refractivity contribution in [3.63, 3.8) is 0 Å². The number of nitrogens with zero attached hydrogens (tertiary/aromatic N) is 2. The first-order valence-corrected chi connectivity index (χ1v) is 5.88. The SMILES string of the molecule is CN(N)C(=O)CCc1ccc2c(c1)CC(=O)N2C. The lowest BCUT2D eigenvalue weighted by atomic mass is 10.0. The smallest absolute Gasteiger partial charge is 0.236 e. The third kappa shape index (κ3) is 2.36. The van der Waals surface area contributed by atoms with Crippen LogP contribution in [0.25, 0.3) is 0 Å². The molecule has 0 aliphatic carbocycles. The van der Waals surface area contributed by atoms with Gasteiger partial charge in [-0.1, -0.05) is 12.1 Å². The van der Waals surface area contributed by atoms with Crippen LogP contribution < -0.4 is 10.7 Å². The van der Waals surface area contributed by atoms with Gasteiger partial charge in [-0.2, -0.15) is 0 Å². The molecule has 1 aliphatic rings. The first-order valence-electron chi connectivity index (χ1n) is 5.88. The number of carbonyl (C=O) groups is 2. The maximum Gasteiger partial charge on any atom is 0.236 e. The van der Waals surface area contributed by atoms with Gasteiger partial charge in [0.05, 0.1) is 6.42 Å². The molecule has 0 spiro atoms. The van der Waals surface area contributed by atoms with Gasteiger partial charge >= 0.3 is 0 Å². The van der Waals surface area contributed by atoms with Crippen molar-refractivity contribution in [3.05, 3.63) is 29.3 Å². The number of anilines is 1. The van der Waals surface area contributed by atoms with Crippen molar-refractivity contribution in [3.8, 4) is 0 Å². The summed E-state index contributed by atoms with van der Waals surface area (Å²) in [5, 5.41) is 1.10. The Kier molecular flexibility index (Phi) is 3.34. The molecule has 2 amide bonds. The molecule has 2 rings (SSSR count). The molecule has 1 aromatic rings. The minimum Gasteiger partial charge on any atom is -0.315 e. The van der Waals surface area contributed by atoms with E-state index in [4.69, 9.17) is 5.84 Å². The first-order chi connectivity index (χ1) is 8.49. The number of aryl methyl sites for hydroxylation is 1. The Morgan fingerprint density at radius 3 is 2.89 bits per heavy atom. The van der Waals surface area contributed by atoms with Gasteiger partial charge in [-0.15, -0.1) is 0 Å². The Balaban J connectivity index is 2.07. The Morgan fingerprint density at radius 1 is 1.50 bits per heavy atom. The van der Waals surface area contributed by atoms with Gasteiger partial charge in [-0.25, -0.2) is 5.84 Å². The summed E-state index contributed by atoms with van der Waals surface area (Å²) in [6.45, 7) is 0. The highest BCUT2D eigenvalue weighted by Crippen LogP contribution is 2.28. The average Bonchev–Trinajstić information content (AvgIpc) is 2.61. The standard InChI is InChI=1S/C13H17N3O2/c1-15-11-5-3-9(4-6-12(17)16(2)14)7-10(11)8-13(15)18/h3,5,7H,4,6,8,14H2,1-2H3. The third-order valence-corrected chi connectivity index (χ3v) is 3.24. The van der Waals surface area contributed by atoms with Crippen molar-refractivity contribution in [1.82, 2.24) is 5.01 Å². The molecule has 0 aromatic heterocycles. The lowest BCUT2D eigenvalue weighted by Gasteiger charge is -2.11. The second-order valence-corrected chi connectivity index (χ2v) is 4.60. The van der Waals surface area contributed by atoms with E-state index in [2.05, 4.69) is 0 Å². The van der Waals surface area contributed by atoms with Crippen molar-refractivity contribution in [2.45, 2.75) is 19.3 Å². The number of nitrogens with two attached hydrogens (primary N) is 1. The van der Waals surface area contributed by atoms with Crippen LogP contribution in [0.4, 0.5) is 5.69 Å². The van der Waals surface area contributed by atoms with Crippen LogP contribution in [0, 0.1) is 0 Å². The Hall–Kier alpha value is -1.88. The largest absolute Gasteiger partial charge is 0.315 e.